The summed E-state index contributed by atoms with van der Waals surface area (Å²) in [5, 5.41) is 4.05. The monoisotopic (exact) mass is 283 g/mol. The van der Waals surface area contributed by atoms with Crippen molar-refractivity contribution < 1.29 is 14.0 Å². The normalized spacial score (nSPS) is 18.3. The third kappa shape index (κ3) is 3.77. The van der Waals surface area contributed by atoms with E-state index < -0.39 is 0 Å². The van der Waals surface area contributed by atoms with Crippen LogP contribution in [0, 0.1) is 0 Å². The van der Waals surface area contributed by atoms with Crippen LogP contribution in [0.15, 0.2) is 4.52 Å². The standard InChI is InChI=1S/C14H25N3O3/c1-18-9-10-19-8-5-12-16-13(20-17-12)14(11-15)6-3-2-4-7-14/h2-11,15H2,1H3. The van der Waals surface area contributed by atoms with Gasteiger partial charge in [-0.05, 0) is 12.8 Å². The SMILES string of the molecule is COCCOCCc1noc(C2(CN)CCCCC2)n1. The van der Waals surface area contributed by atoms with Crippen LogP contribution in [0.25, 0.3) is 0 Å². The van der Waals surface area contributed by atoms with Crippen molar-refractivity contribution >= 4 is 0 Å². The average molecular weight is 283 g/mol. The van der Waals surface area contributed by atoms with Crippen LogP contribution in [0.5, 0.6) is 0 Å². The molecule has 6 nitrogen and oxygen atoms in total. The maximum absolute atomic E-state index is 5.97. The molecule has 1 heterocycles. The summed E-state index contributed by atoms with van der Waals surface area (Å²) in [5.74, 6) is 1.42. The van der Waals surface area contributed by atoms with E-state index in [-0.39, 0.29) is 5.41 Å². The molecular weight excluding hydrogens is 258 g/mol. The molecule has 6 heteroatoms. The van der Waals surface area contributed by atoms with E-state index in [1.807, 2.05) is 0 Å². The van der Waals surface area contributed by atoms with Crippen LogP contribution >= 0.6 is 0 Å². The lowest BCUT2D eigenvalue weighted by Gasteiger charge is -2.32. The van der Waals surface area contributed by atoms with Crippen molar-refractivity contribution in [2.75, 3.05) is 33.5 Å². The Hall–Kier alpha value is -0.980. The Balaban J connectivity index is 1.87. The van der Waals surface area contributed by atoms with Gasteiger partial charge in [-0.2, -0.15) is 4.98 Å². The first-order valence-corrected chi connectivity index (χ1v) is 7.40. The maximum atomic E-state index is 5.97. The molecule has 1 saturated carbocycles. The first-order chi connectivity index (χ1) is 9.80. The zero-order chi connectivity index (χ0) is 14.3. The van der Waals surface area contributed by atoms with E-state index >= 15 is 0 Å². The molecule has 2 rings (SSSR count). The summed E-state index contributed by atoms with van der Waals surface area (Å²) in [6, 6.07) is 0. The number of methoxy groups -OCH3 is 1. The number of nitrogens with zero attached hydrogens (tertiary/aromatic N) is 2. The Morgan fingerprint density at radius 3 is 2.70 bits per heavy atom. The second-order valence-electron chi connectivity index (χ2n) is 5.42. The van der Waals surface area contributed by atoms with E-state index in [0.29, 0.717) is 44.5 Å². The van der Waals surface area contributed by atoms with E-state index in [1.165, 1.54) is 19.3 Å². The third-order valence-corrected chi connectivity index (χ3v) is 4.02. The molecule has 1 aromatic heterocycles. The summed E-state index contributed by atoms with van der Waals surface area (Å²) in [5.41, 5.74) is 5.87. The van der Waals surface area contributed by atoms with Crippen LogP contribution in [-0.2, 0) is 21.3 Å². The van der Waals surface area contributed by atoms with Crippen molar-refractivity contribution in [1.82, 2.24) is 10.1 Å². The first kappa shape index (κ1) is 15.4. The third-order valence-electron chi connectivity index (χ3n) is 4.02. The first-order valence-electron chi connectivity index (χ1n) is 7.40. The molecule has 114 valence electrons. The summed E-state index contributed by atoms with van der Waals surface area (Å²) >= 11 is 0. The number of rotatable bonds is 8. The molecule has 1 aliphatic carbocycles. The van der Waals surface area contributed by atoms with Gasteiger partial charge in [-0.3, -0.25) is 0 Å². The summed E-state index contributed by atoms with van der Waals surface area (Å²) < 4.78 is 15.8. The quantitative estimate of drug-likeness (QED) is 0.727. The van der Waals surface area contributed by atoms with E-state index in [0.717, 1.165) is 12.8 Å². The molecule has 0 unspecified atom stereocenters. The van der Waals surface area contributed by atoms with Gasteiger partial charge >= 0.3 is 0 Å². The predicted octanol–water partition coefficient (Wildman–Crippen LogP) is 1.44. The molecule has 1 aliphatic rings. The summed E-state index contributed by atoms with van der Waals surface area (Å²) in [6.07, 6.45) is 6.42. The van der Waals surface area contributed by atoms with Crippen LogP contribution < -0.4 is 5.73 Å². The molecule has 20 heavy (non-hydrogen) atoms. The molecule has 1 aromatic rings. The van der Waals surface area contributed by atoms with E-state index in [2.05, 4.69) is 10.1 Å². The largest absolute Gasteiger partial charge is 0.382 e. The van der Waals surface area contributed by atoms with Crippen LogP contribution in [0.3, 0.4) is 0 Å². The topological polar surface area (TPSA) is 83.4 Å². The molecular formula is C14H25N3O3. The lowest BCUT2D eigenvalue weighted by atomic mass is 9.74. The van der Waals surface area contributed by atoms with Crippen molar-refractivity contribution in [3.63, 3.8) is 0 Å². The maximum Gasteiger partial charge on any atom is 0.234 e. The smallest absolute Gasteiger partial charge is 0.234 e. The summed E-state index contributed by atoms with van der Waals surface area (Å²) in [7, 11) is 1.66. The molecule has 2 N–H and O–H groups in total. The number of hydrogen-bond donors (Lipinski definition) is 1. The van der Waals surface area contributed by atoms with Gasteiger partial charge in [0.15, 0.2) is 5.82 Å². The van der Waals surface area contributed by atoms with Gasteiger partial charge in [-0.1, -0.05) is 24.4 Å². The second kappa shape index (κ2) is 7.71. The van der Waals surface area contributed by atoms with Crippen LogP contribution in [0.2, 0.25) is 0 Å². The Kier molecular flexibility index (Phi) is 5.94. The fourth-order valence-electron chi connectivity index (χ4n) is 2.71. The van der Waals surface area contributed by atoms with Crippen LogP contribution in [-0.4, -0.2) is 43.6 Å². The number of hydrogen-bond acceptors (Lipinski definition) is 6. The van der Waals surface area contributed by atoms with E-state index in [1.54, 1.807) is 7.11 Å². The van der Waals surface area contributed by atoms with E-state index in [4.69, 9.17) is 19.7 Å². The lowest BCUT2D eigenvalue weighted by Crippen LogP contribution is -2.37. The highest BCUT2D eigenvalue weighted by atomic mass is 16.5. The predicted molar refractivity (Wildman–Crippen MR) is 74.5 cm³/mol. The van der Waals surface area contributed by atoms with Gasteiger partial charge in [0.05, 0.1) is 25.2 Å². The van der Waals surface area contributed by atoms with Crippen molar-refractivity contribution in [3.8, 4) is 0 Å². The van der Waals surface area contributed by atoms with Gasteiger partial charge in [0.25, 0.3) is 0 Å². The molecule has 0 spiro atoms. The molecule has 0 amide bonds. The minimum atomic E-state index is -0.0968. The van der Waals surface area contributed by atoms with Crippen molar-refractivity contribution in [2.24, 2.45) is 5.73 Å². The fourth-order valence-corrected chi connectivity index (χ4v) is 2.71. The molecule has 0 saturated heterocycles. The van der Waals surface area contributed by atoms with Gasteiger partial charge < -0.3 is 19.7 Å². The molecule has 0 atom stereocenters. The fraction of sp³-hybridized carbons (Fsp3) is 0.857. The zero-order valence-electron chi connectivity index (χ0n) is 12.3. The highest BCUT2D eigenvalue weighted by Crippen LogP contribution is 2.37. The zero-order valence-corrected chi connectivity index (χ0v) is 12.3. The Morgan fingerprint density at radius 1 is 1.20 bits per heavy atom. The lowest BCUT2D eigenvalue weighted by molar-refractivity contribution is 0.0714. The summed E-state index contributed by atoms with van der Waals surface area (Å²) in [4.78, 5) is 4.53. The van der Waals surface area contributed by atoms with Gasteiger partial charge in [-0.25, -0.2) is 0 Å². The van der Waals surface area contributed by atoms with Gasteiger partial charge in [0.1, 0.15) is 0 Å². The highest BCUT2D eigenvalue weighted by Gasteiger charge is 2.37. The molecule has 0 aromatic carbocycles. The molecule has 1 fully saturated rings. The number of ether oxygens (including phenoxy) is 2. The van der Waals surface area contributed by atoms with Crippen molar-refractivity contribution in [1.29, 1.82) is 0 Å². The van der Waals surface area contributed by atoms with Crippen molar-refractivity contribution in [2.45, 2.75) is 43.9 Å². The Morgan fingerprint density at radius 2 is 2.00 bits per heavy atom. The van der Waals surface area contributed by atoms with E-state index in [9.17, 15) is 0 Å². The van der Waals surface area contributed by atoms with Crippen molar-refractivity contribution in [3.05, 3.63) is 11.7 Å². The summed E-state index contributed by atoms with van der Waals surface area (Å²) in [6.45, 7) is 2.36. The molecule has 0 bridgehead atoms. The minimum absolute atomic E-state index is 0.0968. The van der Waals surface area contributed by atoms with Gasteiger partial charge in [-0.15, -0.1) is 0 Å². The Bertz CT molecular complexity index is 389. The van der Waals surface area contributed by atoms with Gasteiger partial charge in [0.2, 0.25) is 5.89 Å². The number of aromatic nitrogens is 2. The second-order valence-corrected chi connectivity index (χ2v) is 5.42. The Labute approximate surface area is 120 Å². The molecule has 0 radical (unpaired) electrons. The van der Waals surface area contributed by atoms with Crippen LogP contribution in [0.1, 0.15) is 43.8 Å². The van der Waals surface area contributed by atoms with Crippen LogP contribution in [0.4, 0.5) is 0 Å². The number of nitrogens with two attached hydrogens (primary N) is 1. The minimum Gasteiger partial charge on any atom is -0.382 e. The molecule has 0 aliphatic heterocycles. The van der Waals surface area contributed by atoms with Gasteiger partial charge in [0, 0.05) is 20.1 Å². The average Bonchev–Trinajstić information content (AvgIpc) is 2.97. The highest BCUT2D eigenvalue weighted by molar-refractivity contribution is 5.08.